The first-order valence-electron chi connectivity index (χ1n) is 13.2. The van der Waals surface area contributed by atoms with Crippen LogP contribution < -0.4 is 11.1 Å². The van der Waals surface area contributed by atoms with Crippen LogP contribution in [0.15, 0.2) is 18.2 Å². The van der Waals surface area contributed by atoms with Crippen LogP contribution >= 0.6 is 0 Å². The number of nitrogens with zero attached hydrogens (tertiary/aromatic N) is 1. The van der Waals surface area contributed by atoms with Gasteiger partial charge in [0.25, 0.3) is 0 Å². The first kappa shape index (κ1) is 29.3. The lowest BCUT2D eigenvalue weighted by Crippen LogP contribution is -2.58. The lowest BCUT2D eigenvalue weighted by atomic mass is 9.67. The molecule has 208 valence electrons. The third kappa shape index (κ3) is 7.41. The number of methoxy groups -OCH3 is 1. The molecule has 2 aliphatic rings. The molecule has 0 aromatic heterocycles. The largest absolute Gasteiger partial charge is 0.444 e. The number of primary amides is 1. The molecule has 9 heteroatoms. The van der Waals surface area contributed by atoms with Gasteiger partial charge in [0.05, 0.1) is 6.10 Å². The maximum atomic E-state index is 13.7. The number of ether oxygens (including phenoxy) is 2. The molecular weight excluding hydrogens is 480 g/mol. The van der Waals surface area contributed by atoms with E-state index in [2.05, 4.69) is 19.2 Å². The van der Waals surface area contributed by atoms with E-state index in [1.54, 1.807) is 18.1 Å². The molecule has 1 aromatic rings. The average Bonchev–Trinajstić information content (AvgIpc) is 2.79. The molecule has 0 aliphatic heterocycles. The second-order valence-electron chi connectivity index (χ2n) is 12.1. The number of alkyl halides is 2. The highest BCUT2D eigenvalue weighted by molar-refractivity contribution is 5.93. The van der Waals surface area contributed by atoms with Crippen LogP contribution in [-0.4, -0.2) is 67.3 Å². The van der Waals surface area contributed by atoms with Crippen LogP contribution in [-0.2, 0) is 21.3 Å². The van der Waals surface area contributed by atoms with Gasteiger partial charge in [-0.05, 0) is 62.8 Å². The zero-order chi connectivity index (χ0) is 27.6. The van der Waals surface area contributed by atoms with Gasteiger partial charge in [-0.2, -0.15) is 0 Å². The molecule has 7 nitrogen and oxygen atoms in total. The van der Waals surface area contributed by atoms with Crippen LogP contribution in [0.4, 0.5) is 13.6 Å². The Morgan fingerprint density at radius 1 is 1.19 bits per heavy atom. The SMILES string of the molecule is CO[C@H]1Cc2ccc(C(N)=O)cc2C(C)(C)[C@@H]1NCCN(CC1CCC(F)(F)CC1)C(=O)OC(C)(C)C. The molecule has 37 heavy (non-hydrogen) atoms. The molecule has 3 rings (SSSR count). The van der Waals surface area contributed by atoms with Crippen molar-refractivity contribution in [1.29, 1.82) is 0 Å². The predicted molar refractivity (Wildman–Crippen MR) is 139 cm³/mol. The van der Waals surface area contributed by atoms with Crippen LogP contribution in [0.1, 0.15) is 81.8 Å². The van der Waals surface area contributed by atoms with E-state index < -0.39 is 23.5 Å². The fraction of sp³-hybridized carbons (Fsp3) is 0.714. The second-order valence-corrected chi connectivity index (χ2v) is 12.1. The molecule has 1 fully saturated rings. The predicted octanol–water partition coefficient (Wildman–Crippen LogP) is 4.66. The minimum absolute atomic E-state index is 0.0177. The highest BCUT2D eigenvalue weighted by Gasteiger charge is 2.43. The molecule has 2 aliphatic carbocycles. The number of halogens is 2. The van der Waals surface area contributed by atoms with Gasteiger partial charge in [-0.15, -0.1) is 0 Å². The van der Waals surface area contributed by atoms with Crippen molar-refractivity contribution in [3.05, 3.63) is 34.9 Å². The van der Waals surface area contributed by atoms with Gasteiger partial charge in [0, 0.05) is 63.0 Å². The Morgan fingerprint density at radius 2 is 1.84 bits per heavy atom. The molecular formula is C28H43F2N3O4. The van der Waals surface area contributed by atoms with Crippen molar-refractivity contribution in [2.24, 2.45) is 11.7 Å². The summed E-state index contributed by atoms with van der Waals surface area (Å²) in [6.45, 7) is 10.9. The number of hydrogen-bond acceptors (Lipinski definition) is 5. The summed E-state index contributed by atoms with van der Waals surface area (Å²) < 4.78 is 38.8. The zero-order valence-corrected chi connectivity index (χ0v) is 23.0. The van der Waals surface area contributed by atoms with E-state index in [1.165, 1.54) is 0 Å². The van der Waals surface area contributed by atoms with E-state index in [4.69, 9.17) is 15.2 Å². The normalized spacial score (nSPS) is 23.2. The van der Waals surface area contributed by atoms with Gasteiger partial charge in [-0.3, -0.25) is 4.79 Å². The number of carbonyl (C=O) groups is 2. The molecule has 1 saturated carbocycles. The Bertz CT molecular complexity index is 967. The molecule has 3 N–H and O–H groups in total. The van der Waals surface area contributed by atoms with Gasteiger partial charge in [0.2, 0.25) is 11.8 Å². The maximum absolute atomic E-state index is 13.7. The average molecular weight is 524 g/mol. The van der Waals surface area contributed by atoms with Crippen molar-refractivity contribution < 1.29 is 27.8 Å². The Kier molecular flexibility index (Phi) is 8.90. The van der Waals surface area contributed by atoms with Gasteiger partial charge < -0.3 is 25.4 Å². The van der Waals surface area contributed by atoms with E-state index >= 15 is 0 Å². The first-order valence-corrected chi connectivity index (χ1v) is 13.2. The van der Waals surface area contributed by atoms with Gasteiger partial charge in [0.1, 0.15) is 5.60 Å². The highest BCUT2D eigenvalue weighted by atomic mass is 19.3. The summed E-state index contributed by atoms with van der Waals surface area (Å²) in [4.78, 5) is 26.5. The van der Waals surface area contributed by atoms with Crippen molar-refractivity contribution in [3.63, 3.8) is 0 Å². The van der Waals surface area contributed by atoms with Gasteiger partial charge >= 0.3 is 6.09 Å². The molecule has 2 atom stereocenters. The summed E-state index contributed by atoms with van der Waals surface area (Å²) in [5.74, 6) is -3.06. The standard InChI is InChI=1S/C28H43F2N3O4/c1-26(2,3)37-25(35)33(17-18-9-11-28(29,30)12-10-18)14-13-32-23-22(36-6)16-19-7-8-20(24(31)34)15-21(19)27(23,4)5/h7-8,15,18,22-23,32H,9-14,16-17H2,1-6H3,(H2,31,34)/t22-,23+/m0/s1. The Morgan fingerprint density at radius 3 is 2.41 bits per heavy atom. The molecule has 0 spiro atoms. The molecule has 1 aromatic carbocycles. The van der Waals surface area contributed by atoms with Gasteiger partial charge in [-0.25, -0.2) is 13.6 Å². The summed E-state index contributed by atoms with van der Waals surface area (Å²) in [7, 11) is 1.68. The second kappa shape index (κ2) is 11.2. The fourth-order valence-corrected chi connectivity index (χ4v) is 5.61. The number of nitrogens with two attached hydrogens (primary N) is 1. The Labute approximate surface area is 219 Å². The monoisotopic (exact) mass is 523 g/mol. The fourth-order valence-electron chi connectivity index (χ4n) is 5.61. The van der Waals surface area contributed by atoms with E-state index in [1.807, 2.05) is 32.9 Å². The van der Waals surface area contributed by atoms with Crippen molar-refractivity contribution in [3.8, 4) is 0 Å². The van der Waals surface area contributed by atoms with E-state index in [-0.39, 0.29) is 36.3 Å². The lowest BCUT2D eigenvalue weighted by molar-refractivity contribution is -0.0495. The van der Waals surface area contributed by atoms with Crippen LogP contribution in [0.2, 0.25) is 0 Å². The van der Waals surface area contributed by atoms with Gasteiger partial charge in [0.15, 0.2) is 0 Å². The zero-order valence-electron chi connectivity index (χ0n) is 23.0. The van der Waals surface area contributed by atoms with Crippen LogP contribution in [0.25, 0.3) is 0 Å². The third-order valence-electron chi connectivity index (χ3n) is 7.67. The minimum Gasteiger partial charge on any atom is -0.444 e. The van der Waals surface area contributed by atoms with Crippen LogP contribution in [0, 0.1) is 5.92 Å². The molecule has 0 bridgehead atoms. The number of amides is 2. The summed E-state index contributed by atoms with van der Waals surface area (Å²) in [6, 6.07) is 5.46. The molecule has 0 saturated heterocycles. The minimum atomic E-state index is -2.61. The van der Waals surface area contributed by atoms with Crippen molar-refractivity contribution in [2.45, 2.75) is 95.8 Å². The van der Waals surface area contributed by atoms with Crippen molar-refractivity contribution in [2.75, 3.05) is 26.7 Å². The number of fused-ring (bicyclic) bond motifs is 1. The first-order chi connectivity index (χ1) is 17.1. The highest BCUT2D eigenvalue weighted by Crippen LogP contribution is 2.39. The summed E-state index contributed by atoms with van der Waals surface area (Å²) in [6.07, 6.45) is 0.623. The maximum Gasteiger partial charge on any atom is 0.410 e. The van der Waals surface area contributed by atoms with Crippen LogP contribution in [0.5, 0.6) is 0 Å². The van der Waals surface area contributed by atoms with E-state index in [0.717, 1.165) is 11.1 Å². The smallest absolute Gasteiger partial charge is 0.410 e. The van der Waals surface area contributed by atoms with Crippen LogP contribution in [0.3, 0.4) is 0 Å². The summed E-state index contributed by atoms with van der Waals surface area (Å²) in [5.41, 5.74) is 7.12. The van der Waals surface area contributed by atoms with E-state index in [9.17, 15) is 18.4 Å². The number of rotatable bonds is 8. The topological polar surface area (TPSA) is 93.9 Å². The number of benzene rings is 1. The lowest BCUT2D eigenvalue weighted by Gasteiger charge is -2.45. The Balaban J connectivity index is 1.73. The molecule has 0 unspecified atom stereocenters. The number of carbonyl (C=O) groups excluding carboxylic acids is 2. The summed E-state index contributed by atoms with van der Waals surface area (Å²) in [5, 5.41) is 3.59. The van der Waals surface area contributed by atoms with E-state index in [0.29, 0.717) is 44.5 Å². The van der Waals surface area contributed by atoms with Crippen molar-refractivity contribution in [1.82, 2.24) is 10.2 Å². The molecule has 0 radical (unpaired) electrons. The third-order valence-corrected chi connectivity index (χ3v) is 7.67. The van der Waals surface area contributed by atoms with Crippen molar-refractivity contribution >= 4 is 12.0 Å². The number of nitrogens with one attached hydrogen (secondary N) is 1. The summed E-state index contributed by atoms with van der Waals surface area (Å²) >= 11 is 0. The Hall–Kier alpha value is -2.26. The molecule has 0 heterocycles. The number of hydrogen-bond donors (Lipinski definition) is 2. The molecule has 2 amide bonds. The van der Waals surface area contributed by atoms with Gasteiger partial charge in [-0.1, -0.05) is 19.9 Å². The quantitative estimate of drug-likeness (QED) is 0.517.